The highest BCUT2D eigenvalue weighted by Crippen LogP contribution is 2.47. The lowest BCUT2D eigenvalue weighted by atomic mass is 9.75. The number of nitrogens with zero attached hydrogens (tertiary/aromatic N) is 1. The van der Waals surface area contributed by atoms with Crippen LogP contribution in [-0.4, -0.2) is 21.9 Å². The molecule has 1 fully saturated rings. The van der Waals surface area contributed by atoms with E-state index in [1.807, 2.05) is 27.7 Å². The van der Waals surface area contributed by atoms with E-state index >= 15 is 0 Å². The largest absolute Gasteiger partial charge is 0.588 e. The quantitative estimate of drug-likeness (QED) is 0.424. The normalized spacial score (nSPS) is 35.1. The average Bonchev–Trinajstić information content (AvgIpc) is 2.12. The number of rotatable bonds is 2. The van der Waals surface area contributed by atoms with Crippen molar-refractivity contribution >= 4 is 5.97 Å². The van der Waals surface area contributed by atoms with Crippen LogP contribution in [0.15, 0.2) is 12.7 Å². The van der Waals surface area contributed by atoms with E-state index in [-0.39, 0.29) is 0 Å². The molecule has 1 aliphatic heterocycles. The number of carbonyl (C=O) groups excluding carboxylic acids is 1. The molecule has 0 spiro atoms. The molecule has 0 N–H and O–H groups in total. The van der Waals surface area contributed by atoms with Gasteiger partial charge in [-0.15, -0.1) is 0 Å². The van der Waals surface area contributed by atoms with Crippen molar-refractivity contribution in [1.29, 1.82) is 0 Å². The van der Waals surface area contributed by atoms with Gasteiger partial charge >= 0.3 is 5.97 Å². The maximum Gasteiger partial charge on any atom is 0.390 e. The van der Waals surface area contributed by atoms with Crippen LogP contribution >= 0.6 is 0 Å². The van der Waals surface area contributed by atoms with Gasteiger partial charge in [0.2, 0.25) is 0 Å². The second-order valence-electron chi connectivity index (χ2n) is 6.30. The Morgan fingerprint density at radius 2 is 1.76 bits per heavy atom. The second kappa shape index (κ2) is 4.10. The van der Waals surface area contributed by atoms with E-state index in [1.54, 1.807) is 0 Å². The van der Waals surface area contributed by atoms with Crippen molar-refractivity contribution in [3.05, 3.63) is 17.9 Å². The van der Waals surface area contributed by atoms with Gasteiger partial charge < -0.3 is 5.21 Å². The lowest BCUT2D eigenvalue weighted by molar-refractivity contribution is -1.13. The van der Waals surface area contributed by atoms with Crippen LogP contribution in [0.4, 0.5) is 0 Å². The summed E-state index contributed by atoms with van der Waals surface area (Å²) in [4.78, 5) is 15.6. The van der Waals surface area contributed by atoms with Gasteiger partial charge in [-0.1, -0.05) is 13.5 Å². The predicted octanol–water partition coefficient (Wildman–Crippen LogP) is 2.93. The molecule has 0 unspecified atom stereocenters. The Morgan fingerprint density at radius 3 is 2.12 bits per heavy atom. The fourth-order valence-electron chi connectivity index (χ4n) is 3.25. The van der Waals surface area contributed by atoms with Crippen LogP contribution in [0.5, 0.6) is 0 Å². The Hall–Kier alpha value is -0.870. The summed E-state index contributed by atoms with van der Waals surface area (Å²) >= 11 is 0. The fraction of sp³-hybridized carbons (Fsp3) is 0.769. The minimum absolute atomic E-state index is 0.447. The van der Waals surface area contributed by atoms with Gasteiger partial charge in [0, 0.05) is 18.9 Å². The number of hydroxylamine groups is 4. The van der Waals surface area contributed by atoms with Crippen molar-refractivity contribution < 1.29 is 14.4 Å². The van der Waals surface area contributed by atoms with Gasteiger partial charge in [-0.25, -0.2) is 4.79 Å². The molecule has 1 heterocycles. The zero-order valence-electron chi connectivity index (χ0n) is 11.4. The number of hydrogen-bond donors (Lipinski definition) is 0. The van der Waals surface area contributed by atoms with Crippen molar-refractivity contribution in [3.63, 3.8) is 0 Å². The minimum Gasteiger partial charge on any atom is -0.588 e. The van der Waals surface area contributed by atoms with Crippen LogP contribution in [0, 0.1) is 11.1 Å². The van der Waals surface area contributed by atoms with Crippen molar-refractivity contribution in [2.45, 2.75) is 58.5 Å². The second-order valence-corrected chi connectivity index (χ2v) is 6.30. The first-order valence-corrected chi connectivity index (χ1v) is 6.02. The molecule has 0 aromatic heterocycles. The van der Waals surface area contributed by atoms with Gasteiger partial charge in [0.25, 0.3) is 0 Å². The van der Waals surface area contributed by atoms with Gasteiger partial charge in [-0.05, 0) is 33.6 Å². The third-order valence-electron chi connectivity index (χ3n) is 3.68. The Bertz CT molecular complexity index is 316. The van der Waals surface area contributed by atoms with Gasteiger partial charge in [0.1, 0.15) is 11.1 Å². The van der Waals surface area contributed by atoms with Gasteiger partial charge in [-0.2, -0.15) is 4.81 Å². The van der Waals surface area contributed by atoms with E-state index in [0.717, 1.165) is 18.9 Å². The zero-order valence-corrected chi connectivity index (χ0v) is 11.4. The molecular weight excluding hydrogens is 218 g/mol. The topological polar surface area (TPSA) is 49.4 Å². The summed E-state index contributed by atoms with van der Waals surface area (Å²) in [6.45, 7) is 12.9. The number of carbonyl (C=O) groups is 1. The average molecular weight is 241 g/mol. The minimum atomic E-state index is -0.935. The summed E-state index contributed by atoms with van der Waals surface area (Å²) in [7, 11) is 0. The van der Waals surface area contributed by atoms with Crippen molar-refractivity contribution in [1.82, 2.24) is 0 Å². The molecule has 0 aromatic rings. The summed E-state index contributed by atoms with van der Waals surface area (Å²) in [5.74, 6) is -0.210. The Kier molecular flexibility index (Phi) is 3.43. The van der Waals surface area contributed by atoms with E-state index in [4.69, 9.17) is 4.84 Å². The monoisotopic (exact) mass is 241 g/mol. The molecule has 0 radical (unpaired) electrons. The van der Waals surface area contributed by atoms with Crippen LogP contribution in [-0.2, 0) is 9.63 Å². The van der Waals surface area contributed by atoms with E-state index < -0.39 is 21.9 Å². The maximum atomic E-state index is 13.0. The summed E-state index contributed by atoms with van der Waals surface area (Å²) in [6, 6.07) is 0. The molecule has 0 atom stereocenters. The van der Waals surface area contributed by atoms with Gasteiger partial charge in [0.15, 0.2) is 0 Å². The zero-order chi connectivity index (χ0) is 13.5. The first-order valence-electron chi connectivity index (χ1n) is 6.02. The Morgan fingerprint density at radius 1 is 1.35 bits per heavy atom. The third kappa shape index (κ3) is 2.24. The van der Waals surface area contributed by atoms with Crippen LogP contribution in [0.2, 0.25) is 0 Å². The summed E-state index contributed by atoms with van der Waals surface area (Å²) in [5, 5.41) is 13.0. The molecule has 17 heavy (non-hydrogen) atoms. The summed E-state index contributed by atoms with van der Waals surface area (Å²) < 4.78 is 0. The highest BCUT2D eigenvalue weighted by atomic mass is 16.9. The first kappa shape index (κ1) is 14.2. The molecular formula is C13H23NO3. The molecule has 1 saturated heterocycles. The highest BCUT2D eigenvalue weighted by molar-refractivity contribution is 5.80. The SMILES string of the molecule is C=CC(=O)O[N+]1([O-])C(C)(C)CC(C)CC1(C)C. The smallest absolute Gasteiger partial charge is 0.390 e. The van der Waals surface area contributed by atoms with Crippen LogP contribution in [0.3, 0.4) is 0 Å². The highest BCUT2D eigenvalue weighted by Gasteiger charge is 2.56. The molecule has 0 saturated carbocycles. The molecule has 0 bridgehead atoms. The first-order chi connectivity index (χ1) is 7.56. The van der Waals surface area contributed by atoms with Gasteiger partial charge in [0.05, 0.1) is 0 Å². The summed E-state index contributed by atoms with van der Waals surface area (Å²) in [6.07, 6.45) is 2.52. The maximum absolute atomic E-state index is 13.0. The molecule has 4 heteroatoms. The van der Waals surface area contributed by atoms with E-state index in [1.165, 1.54) is 0 Å². The molecule has 1 rings (SSSR count). The molecule has 0 aliphatic carbocycles. The number of piperidine rings is 1. The third-order valence-corrected chi connectivity index (χ3v) is 3.68. The Balaban J connectivity index is 3.14. The lowest BCUT2D eigenvalue weighted by Crippen LogP contribution is -2.71. The van der Waals surface area contributed by atoms with E-state index in [0.29, 0.717) is 5.92 Å². The van der Waals surface area contributed by atoms with Crippen LogP contribution < -0.4 is 0 Å². The Labute approximate surface area is 103 Å². The molecule has 1 aliphatic rings. The van der Waals surface area contributed by atoms with Crippen molar-refractivity contribution in [2.24, 2.45) is 5.92 Å². The lowest BCUT2D eigenvalue weighted by Gasteiger charge is -2.61. The van der Waals surface area contributed by atoms with Crippen molar-refractivity contribution in [3.8, 4) is 0 Å². The number of hydrogen-bond acceptors (Lipinski definition) is 3. The van der Waals surface area contributed by atoms with Crippen LogP contribution in [0.25, 0.3) is 0 Å². The predicted molar refractivity (Wildman–Crippen MR) is 66.5 cm³/mol. The van der Waals surface area contributed by atoms with Crippen molar-refractivity contribution in [2.75, 3.05) is 0 Å². The van der Waals surface area contributed by atoms with Gasteiger partial charge in [-0.3, -0.25) is 4.84 Å². The molecule has 98 valence electrons. The van der Waals surface area contributed by atoms with E-state index in [2.05, 4.69) is 13.5 Å². The molecule has 0 aromatic carbocycles. The van der Waals surface area contributed by atoms with E-state index in [9.17, 15) is 10.0 Å². The molecule has 4 nitrogen and oxygen atoms in total. The summed E-state index contributed by atoms with van der Waals surface area (Å²) in [5.41, 5.74) is -1.28. The molecule has 0 amide bonds. The fourth-order valence-corrected chi connectivity index (χ4v) is 3.25. The van der Waals surface area contributed by atoms with Crippen LogP contribution in [0.1, 0.15) is 47.5 Å². The number of quaternary nitrogens is 1. The standard InChI is InChI=1S/C13H23NO3/c1-7-11(15)17-14(16)12(3,4)8-10(2)9-13(14,5)6/h7,10H,1,8-9H2,2-6H3.